The fourth-order valence-corrected chi connectivity index (χ4v) is 3.22. The van der Waals surface area contributed by atoms with Gasteiger partial charge in [-0.05, 0) is 17.7 Å². The van der Waals surface area contributed by atoms with Crippen molar-refractivity contribution in [2.45, 2.75) is 6.61 Å². The van der Waals surface area contributed by atoms with Gasteiger partial charge < -0.3 is 15.3 Å². The normalized spacial score (nSPS) is 10.6. The number of nitrogens with one attached hydrogen (secondary N) is 1. The molecule has 1 aliphatic carbocycles. The van der Waals surface area contributed by atoms with E-state index in [2.05, 4.69) is 5.32 Å². The van der Waals surface area contributed by atoms with Crippen molar-refractivity contribution in [1.29, 1.82) is 0 Å². The summed E-state index contributed by atoms with van der Waals surface area (Å²) in [6.07, 6.45) is 1.29. The van der Waals surface area contributed by atoms with Crippen LogP contribution in [0.15, 0.2) is 83.8 Å². The van der Waals surface area contributed by atoms with Crippen molar-refractivity contribution in [3.63, 3.8) is 0 Å². The van der Waals surface area contributed by atoms with E-state index in [-0.39, 0.29) is 23.3 Å². The van der Waals surface area contributed by atoms with Crippen molar-refractivity contribution in [3.8, 4) is 17.0 Å². The van der Waals surface area contributed by atoms with Crippen LogP contribution in [0.5, 0.6) is 5.88 Å². The summed E-state index contributed by atoms with van der Waals surface area (Å²) in [6.45, 7) is 0.0616. The van der Waals surface area contributed by atoms with Crippen LogP contribution in [0.25, 0.3) is 11.1 Å². The summed E-state index contributed by atoms with van der Waals surface area (Å²) in [4.78, 5) is 41.3. The Hall–Kier alpha value is -4.66. The zero-order chi connectivity index (χ0) is 22.7. The maximum atomic E-state index is 13.0. The number of benzene rings is 3. The Bertz CT molecular complexity index is 1320. The van der Waals surface area contributed by atoms with Crippen LogP contribution in [0.2, 0.25) is 0 Å². The molecule has 32 heavy (non-hydrogen) atoms. The van der Waals surface area contributed by atoms with E-state index in [1.807, 2.05) is 30.3 Å². The lowest BCUT2D eigenvalue weighted by Crippen LogP contribution is -2.21. The number of hydrogen-bond donors (Lipinski definition) is 2. The lowest BCUT2D eigenvalue weighted by atomic mass is 9.98. The number of rotatable bonds is 6. The highest BCUT2D eigenvalue weighted by atomic mass is 16.7. The van der Waals surface area contributed by atoms with E-state index < -0.39 is 27.8 Å². The van der Waals surface area contributed by atoms with Crippen molar-refractivity contribution >= 4 is 17.3 Å². The highest BCUT2D eigenvalue weighted by Gasteiger charge is 2.27. The highest BCUT2D eigenvalue weighted by molar-refractivity contribution is 6.10. The molecule has 0 saturated carbocycles. The molecule has 0 spiro atoms. The van der Waals surface area contributed by atoms with Crippen molar-refractivity contribution in [2.24, 2.45) is 0 Å². The number of hydrogen-bond acceptors (Lipinski definition) is 6. The van der Waals surface area contributed by atoms with Gasteiger partial charge in [-0.25, -0.2) is 0 Å². The van der Waals surface area contributed by atoms with E-state index >= 15 is 0 Å². The van der Waals surface area contributed by atoms with E-state index in [1.54, 1.807) is 30.3 Å². The van der Waals surface area contributed by atoms with E-state index in [4.69, 9.17) is 4.84 Å². The van der Waals surface area contributed by atoms with E-state index in [0.717, 1.165) is 22.4 Å². The van der Waals surface area contributed by atoms with Gasteiger partial charge in [0.25, 0.3) is 11.3 Å². The highest BCUT2D eigenvalue weighted by Crippen LogP contribution is 2.33. The molecule has 0 bridgehead atoms. The molecule has 0 saturated heterocycles. The molecule has 0 atom stereocenters. The van der Waals surface area contributed by atoms with E-state index in [0.29, 0.717) is 5.69 Å². The number of aromatic nitrogens is 1. The largest absolute Gasteiger partial charge is 0.492 e. The maximum absolute atomic E-state index is 13.0. The average Bonchev–Trinajstić information content (AvgIpc) is 2.78. The Labute approximate surface area is 181 Å². The Balaban J connectivity index is 1.82. The number of nitro benzene ring substituents is 1. The van der Waals surface area contributed by atoms with Crippen molar-refractivity contribution in [1.82, 2.24) is 4.73 Å². The second-order valence-corrected chi connectivity index (χ2v) is 6.90. The fourth-order valence-electron chi connectivity index (χ4n) is 3.22. The van der Waals surface area contributed by atoms with Gasteiger partial charge in [0.05, 0.1) is 11.1 Å². The number of carbonyl (C=O) groups excluding carboxylic acids is 1. The topological polar surface area (TPSA) is 124 Å². The van der Waals surface area contributed by atoms with Gasteiger partial charge in [-0.2, -0.15) is 4.73 Å². The minimum absolute atomic E-state index is 0.0612. The summed E-state index contributed by atoms with van der Waals surface area (Å²) < 4.78 is 0.962. The minimum atomic E-state index is -0.876. The molecule has 0 aromatic heterocycles. The first kappa shape index (κ1) is 20.6. The summed E-state index contributed by atoms with van der Waals surface area (Å²) in [5.41, 5.74) is -0.255. The predicted molar refractivity (Wildman–Crippen MR) is 117 cm³/mol. The van der Waals surface area contributed by atoms with Crippen molar-refractivity contribution in [2.75, 3.05) is 5.32 Å². The fraction of sp³-hybridized carbons (Fsp3) is 0.0435. The van der Waals surface area contributed by atoms with Gasteiger partial charge >= 0.3 is 5.69 Å². The first-order chi connectivity index (χ1) is 15.4. The molecule has 0 unspecified atom stereocenters. The summed E-state index contributed by atoms with van der Waals surface area (Å²) in [5.74, 6) is -1.25. The zero-order valence-corrected chi connectivity index (χ0v) is 16.6. The molecular weight excluding hydrogens is 414 g/mol. The number of fused-ring (bicyclic) bond motifs is 1. The standard InChI is InChI=1S/C23H17N3O6/c27-20-12-18-16(11-19(20)26(30)31)13-25(32-14-15-7-3-1-4-8-15)23(29)21(18)22(28)24-17-9-5-2-6-10-17/h1-13,29H,14H2,(H,24,28). The van der Waals surface area contributed by atoms with Crippen LogP contribution in [-0.4, -0.2) is 20.7 Å². The zero-order valence-electron chi connectivity index (χ0n) is 16.6. The lowest BCUT2D eigenvalue weighted by Gasteiger charge is -2.19. The van der Waals surface area contributed by atoms with Gasteiger partial charge in [-0.3, -0.25) is 19.7 Å². The number of nitrogens with zero attached hydrogens (tertiary/aromatic N) is 2. The van der Waals surface area contributed by atoms with Gasteiger partial charge in [0, 0.05) is 28.9 Å². The van der Waals surface area contributed by atoms with Gasteiger partial charge in [0.15, 0.2) is 0 Å². The molecule has 4 rings (SSSR count). The Kier molecular flexibility index (Phi) is 5.54. The molecule has 0 fully saturated rings. The van der Waals surface area contributed by atoms with Gasteiger partial charge in [-0.1, -0.05) is 48.5 Å². The number of anilines is 1. The van der Waals surface area contributed by atoms with Crippen molar-refractivity contribution in [3.05, 3.63) is 110 Å². The minimum Gasteiger partial charge on any atom is -0.492 e. The summed E-state index contributed by atoms with van der Waals surface area (Å²) in [5, 5.41) is 24.7. The van der Waals surface area contributed by atoms with Crippen LogP contribution in [-0.2, 0) is 6.61 Å². The molecule has 2 N–H and O–H groups in total. The Morgan fingerprint density at radius 3 is 2.38 bits per heavy atom. The molecule has 1 amide bonds. The van der Waals surface area contributed by atoms with Crippen LogP contribution in [0.4, 0.5) is 11.4 Å². The Morgan fingerprint density at radius 2 is 1.72 bits per heavy atom. The van der Waals surface area contributed by atoms with Gasteiger partial charge in [-0.15, -0.1) is 0 Å². The number of pyridine rings is 1. The number of nitro groups is 1. The maximum Gasteiger partial charge on any atom is 0.316 e. The third kappa shape index (κ3) is 4.12. The molecule has 160 valence electrons. The first-order valence-electron chi connectivity index (χ1n) is 9.54. The lowest BCUT2D eigenvalue weighted by molar-refractivity contribution is -0.385. The van der Waals surface area contributed by atoms with Crippen LogP contribution in [0, 0.1) is 10.1 Å². The molecule has 1 heterocycles. The number of non-ortho nitro benzene ring substituents is 1. The summed E-state index contributed by atoms with van der Waals surface area (Å²) in [7, 11) is 0. The second kappa shape index (κ2) is 8.60. The molecule has 2 aromatic rings. The van der Waals surface area contributed by atoms with Crippen LogP contribution in [0.1, 0.15) is 15.9 Å². The first-order valence-corrected chi connectivity index (χ1v) is 9.54. The third-order valence-electron chi connectivity index (χ3n) is 4.76. The summed E-state index contributed by atoms with van der Waals surface area (Å²) >= 11 is 0. The number of carbonyl (C=O) groups is 1. The molecule has 2 aromatic carbocycles. The van der Waals surface area contributed by atoms with Crippen LogP contribution >= 0.6 is 0 Å². The van der Waals surface area contributed by atoms with Crippen LogP contribution in [0.3, 0.4) is 0 Å². The van der Waals surface area contributed by atoms with Gasteiger partial charge in [0.1, 0.15) is 12.2 Å². The summed E-state index contributed by atoms with van der Waals surface area (Å²) in [6, 6.07) is 19.7. The average molecular weight is 431 g/mol. The van der Waals surface area contributed by atoms with E-state index in [1.165, 1.54) is 6.20 Å². The molecule has 9 nitrogen and oxygen atoms in total. The number of aromatic hydroxyl groups is 1. The van der Waals surface area contributed by atoms with Crippen molar-refractivity contribution < 1.29 is 19.7 Å². The number of amides is 1. The van der Waals surface area contributed by atoms with Gasteiger partial charge in [0.2, 0.25) is 5.88 Å². The molecule has 2 aliphatic rings. The molecule has 1 aliphatic heterocycles. The predicted octanol–water partition coefficient (Wildman–Crippen LogP) is 3.45. The second-order valence-electron chi connectivity index (χ2n) is 6.90. The van der Waals surface area contributed by atoms with E-state index in [9.17, 15) is 24.8 Å². The van der Waals surface area contributed by atoms with Crippen LogP contribution < -0.4 is 15.6 Å². The SMILES string of the molecule is O=C(Nc1ccccc1)c1c2cc(=O)c([N+](=O)[O-])cc-2cn(OCc2ccccc2)c1O. The third-order valence-corrected chi connectivity index (χ3v) is 4.76. The molecule has 0 radical (unpaired) electrons. The number of para-hydroxylation sites is 1. The smallest absolute Gasteiger partial charge is 0.316 e. The molecule has 9 heteroatoms. The monoisotopic (exact) mass is 431 g/mol. The Morgan fingerprint density at radius 1 is 1.06 bits per heavy atom. The quantitative estimate of drug-likeness (QED) is 0.356. The molecular formula is C23H17N3O6.